The number of thiophene rings is 1. The number of aliphatic imine (C=N–C) groups is 1. The Labute approximate surface area is 211 Å². The monoisotopic (exact) mass is 483 g/mol. The summed E-state index contributed by atoms with van der Waals surface area (Å²) in [6, 6.07) is 18.1. The van der Waals surface area contributed by atoms with E-state index < -0.39 is 0 Å². The van der Waals surface area contributed by atoms with Crippen molar-refractivity contribution < 1.29 is 4.79 Å². The van der Waals surface area contributed by atoms with Gasteiger partial charge in [-0.3, -0.25) is 4.79 Å². The zero-order valence-electron chi connectivity index (χ0n) is 21.2. The Morgan fingerprint density at radius 3 is 2.57 bits per heavy atom. The molecule has 0 aliphatic heterocycles. The summed E-state index contributed by atoms with van der Waals surface area (Å²) in [6.07, 6.45) is 4.99. The summed E-state index contributed by atoms with van der Waals surface area (Å²) in [5, 5.41) is 5.10. The second kappa shape index (κ2) is 9.12. The summed E-state index contributed by atoms with van der Waals surface area (Å²) < 4.78 is 2.20. The van der Waals surface area contributed by atoms with Crippen molar-refractivity contribution in [2.24, 2.45) is 23.4 Å². The Bertz CT molecular complexity index is 1420. The van der Waals surface area contributed by atoms with Crippen molar-refractivity contribution in [2.75, 3.05) is 5.32 Å². The van der Waals surface area contributed by atoms with Crippen molar-refractivity contribution in [1.29, 1.82) is 0 Å². The number of carbonyl (C=O) groups is 1. The first kappa shape index (κ1) is 23.6. The molecule has 2 heterocycles. The van der Waals surface area contributed by atoms with E-state index in [1.807, 2.05) is 36.5 Å². The Morgan fingerprint density at radius 1 is 1.11 bits per heavy atom. The van der Waals surface area contributed by atoms with E-state index in [4.69, 9.17) is 4.99 Å². The van der Waals surface area contributed by atoms with Gasteiger partial charge in [0.05, 0.1) is 5.56 Å². The van der Waals surface area contributed by atoms with E-state index in [2.05, 4.69) is 68.9 Å². The van der Waals surface area contributed by atoms with Crippen LogP contribution in [0.3, 0.4) is 0 Å². The topological polar surface area (TPSA) is 46.4 Å². The highest BCUT2D eigenvalue weighted by molar-refractivity contribution is 7.16. The molecular formula is C30H33N3OS. The third kappa shape index (κ3) is 4.45. The minimum atomic E-state index is -0.0651. The van der Waals surface area contributed by atoms with Gasteiger partial charge in [0.1, 0.15) is 5.00 Å². The predicted molar refractivity (Wildman–Crippen MR) is 149 cm³/mol. The molecule has 0 unspecified atom stereocenters. The van der Waals surface area contributed by atoms with E-state index in [-0.39, 0.29) is 11.3 Å². The van der Waals surface area contributed by atoms with Gasteiger partial charge in [0.15, 0.2) is 0 Å². The Hall–Kier alpha value is -3.18. The Balaban J connectivity index is 1.57. The van der Waals surface area contributed by atoms with Gasteiger partial charge in [0, 0.05) is 46.0 Å². The highest BCUT2D eigenvalue weighted by Gasteiger charge is 2.33. The molecule has 1 aliphatic rings. The molecule has 0 saturated carbocycles. The van der Waals surface area contributed by atoms with Gasteiger partial charge < -0.3 is 9.88 Å². The van der Waals surface area contributed by atoms with Gasteiger partial charge in [0.2, 0.25) is 0 Å². The van der Waals surface area contributed by atoms with Gasteiger partial charge in [-0.2, -0.15) is 0 Å². The molecular weight excluding hydrogens is 450 g/mol. The molecule has 0 spiro atoms. The molecule has 35 heavy (non-hydrogen) atoms. The lowest BCUT2D eigenvalue weighted by Gasteiger charge is -2.33. The fourth-order valence-electron chi connectivity index (χ4n) is 5.19. The Kier molecular flexibility index (Phi) is 6.14. The third-order valence-corrected chi connectivity index (χ3v) is 8.65. The zero-order chi connectivity index (χ0) is 24.7. The molecule has 1 atom stereocenters. The number of aromatic nitrogens is 1. The number of fused-ring (bicyclic) bond motifs is 2. The SMILES string of the molecule is Cc1c(C=Nc2sc3c(c2C(=O)Nc2ccccc2)CC[C@@H](C(C)(C)C)C3)c2ccccc2n1C. The first-order valence-corrected chi connectivity index (χ1v) is 13.1. The number of benzene rings is 2. The number of hydrogen-bond donors (Lipinski definition) is 1. The smallest absolute Gasteiger partial charge is 0.259 e. The summed E-state index contributed by atoms with van der Waals surface area (Å²) in [5.41, 5.74) is 6.45. The first-order valence-electron chi connectivity index (χ1n) is 12.3. The van der Waals surface area contributed by atoms with Crippen LogP contribution in [0.1, 0.15) is 59.2 Å². The Morgan fingerprint density at radius 2 is 1.83 bits per heavy atom. The molecule has 1 amide bonds. The van der Waals surface area contributed by atoms with E-state index in [0.29, 0.717) is 5.92 Å². The maximum absolute atomic E-state index is 13.6. The number of amides is 1. The lowest BCUT2D eigenvalue weighted by atomic mass is 9.72. The second-order valence-corrected chi connectivity index (χ2v) is 11.7. The van der Waals surface area contributed by atoms with Gasteiger partial charge in [-0.25, -0.2) is 4.99 Å². The minimum Gasteiger partial charge on any atom is -0.347 e. The number of aryl methyl sites for hydroxylation is 1. The van der Waals surface area contributed by atoms with Crippen LogP contribution in [-0.2, 0) is 19.9 Å². The lowest BCUT2D eigenvalue weighted by Crippen LogP contribution is -2.27. The molecule has 0 fully saturated rings. The average Bonchev–Trinajstić information content (AvgIpc) is 3.32. The molecule has 2 aromatic carbocycles. The van der Waals surface area contributed by atoms with Crippen LogP contribution in [0.4, 0.5) is 10.7 Å². The van der Waals surface area contributed by atoms with Crippen molar-refractivity contribution in [1.82, 2.24) is 4.57 Å². The number of hydrogen-bond acceptors (Lipinski definition) is 3. The molecule has 5 rings (SSSR count). The van der Waals surface area contributed by atoms with Gasteiger partial charge in [-0.1, -0.05) is 57.2 Å². The molecule has 0 radical (unpaired) electrons. The van der Waals surface area contributed by atoms with Gasteiger partial charge in [-0.15, -0.1) is 11.3 Å². The van der Waals surface area contributed by atoms with Crippen molar-refractivity contribution in [2.45, 2.75) is 47.0 Å². The number of para-hydroxylation sites is 2. The fourth-order valence-corrected chi connectivity index (χ4v) is 6.46. The summed E-state index contributed by atoms with van der Waals surface area (Å²) >= 11 is 1.69. The molecule has 1 aliphatic carbocycles. The van der Waals surface area contributed by atoms with Crippen LogP contribution in [0.5, 0.6) is 0 Å². The number of carbonyl (C=O) groups excluding carboxylic acids is 1. The number of rotatable bonds is 4. The summed E-state index contributed by atoms with van der Waals surface area (Å²) in [7, 11) is 2.09. The van der Waals surface area contributed by atoms with Gasteiger partial charge in [0.25, 0.3) is 5.91 Å². The van der Waals surface area contributed by atoms with Crippen LogP contribution in [0, 0.1) is 18.3 Å². The van der Waals surface area contributed by atoms with Crippen LogP contribution >= 0.6 is 11.3 Å². The molecule has 0 bridgehead atoms. The standard InChI is InChI=1S/C30H33N3OS/c1-19-24(22-13-9-10-14-25(22)33(19)5)18-31-29-27(28(34)32-21-11-7-6-8-12-21)23-16-15-20(30(2,3)4)17-26(23)35-29/h6-14,18,20H,15-17H2,1-5H3,(H,32,34)/t20-/m1/s1. The van der Waals surface area contributed by atoms with Crippen LogP contribution in [-0.4, -0.2) is 16.7 Å². The first-order chi connectivity index (χ1) is 16.7. The maximum atomic E-state index is 13.6. The van der Waals surface area contributed by atoms with Crippen molar-refractivity contribution in [3.8, 4) is 0 Å². The van der Waals surface area contributed by atoms with Crippen molar-refractivity contribution in [3.05, 3.63) is 81.9 Å². The molecule has 0 saturated heterocycles. The van der Waals surface area contributed by atoms with Gasteiger partial charge >= 0.3 is 0 Å². The van der Waals surface area contributed by atoms with E-state index >= 15 is 0 Å². The van der Waals surface area contributed by atoms with E-state index in [1.165, 1.54) is 27.0 Å². The highest BCUT2D eigenvalue weighted by Crippen LogP contribution is 2.45. The number of nitrogens with zero attached hydrogens (tertiary/aromatic N) is 2. The summed E-state index contributed by atoms with van der Waals surface area (Å²) in [6.45, 7) is 9.09. The summed E-state index contributed by atoms with van der Waals surface area (Å²) in [4.78, 5) is 19.8. The number of nitrogens with one attached hydrogen (secondary N) is 1. The second-order valence-electron chi connectivity index (χ2n) is 10.6. The summed E-state index contributed by atoms with van der Waals surface area (Å²) in [5.74, 6) is 0.542. The lowest BCUT2D eigenvalue weighted by molar-refractivity contribution is 0.102. The largest absolute Gasteiger partial charge is 0.347 e. The minimum absolute atomic E-state index is 0.0651. The molecule has 180 valence electrons. The van der Waals surface area contributed by atoms with Crippen molar-refractivity contribution in [3.63, 3.8) is 0 Å². The predicted octanol–water partition coefficient (Wildman–Crippen LogP) is 7.70. The quantitative estimate of drug-likeness (QED) is 0.297. The van der Waals surface area contributed by atoms with E-state index in [1.54, 1.807) is 11.3 Å². The van der Waals surface area contributed by atoms with E-state index in [0.717, 1.165) is 41.1 Å². The molecule has 2 aromatic heterocycles. The van der Waals surface area contributed by atoms with Crippen molar-refractivity contribution >= 4 is 45.0 Å². The maximum Gasteiger partial charge on any atom is 0.259 e. The number of anilines is 1. The molecule has 5 heteroatoms. The van der Waals surface area contributed by atoms with Crippen LogP contribution in [0.2, 0.25) is 0 Å². The highest BCUT2D eigenvalue weighted by atomic mass is 32.1. The third-order valence-electron chi connectivity index (χ3n) is 7.49. The molecule has 1 N–H and O–H groups in total. The zero-order valence-corrected chi connectivity index (χ0v) is 22.0. The van der Waals surface area contributed by atoms with Crippen LogP contribution in [0.25, 0.3) is 10.9 Å². The van der Waals surface area contributed by atoms with Crippen LogP contribution < -0.4 is 5.32 Å². The average molecular weight is 484 g/mol. The fraction of sp³-hybridized carbons (Fsp3) is 0.333. The molecule has 4 nitrogen and oxygen atoms in total. The van der Waals surface area contributed by atoms with Gasteiger partial charge in [-0.05, 0) is 61.3 Å². The van der Waals surface area contributed by atoms with E-state index in [9.17, 15) is 4.79 Å². The normalized spacial score (nSPS) is 16.1. The molecule has 4 aromatic rings. The van der Waals surface area contributed by atoms with Crippen LogP contribution in [0.15, 0.2) is 59.6 Å².